The lowest BCUT2D eigenvalue weighted by atomic mass is 10.2. The largest absolute Gasteiger partial charge is 0.318 e. The Labute approximate surface area is 118 Å². The van der Waals surface area contributed by atoms with E-state index in [1.54, 1.807) is 0 Å². The van der Waals surface area contributed by atoms with E-state index in [2.05, 4.69) is 20.9 Å². The first-order valence-corrected chi connectivity index (χ1v) is 5.95. The molecule has 3 nitrogen and oxygen atoms in total. The summed E-state index contributed by atoms with van der Waals surface area (Å²) in [6.45, 7) is 0. The number of amides is 1. The molecule has 20 heavy (non-hydrogen) atoms. The predicted octanol–water partition coefficient (Wildman–Crippen LogP) is 3.65. The summed E-state index contributed by atoms with van der Waals surface area (Å²) in [5, 5.41) is 1.92. The third-order valence-corrected chi connectivity index (χ3v) is 2.75. The van der Waals surface area contributed by atoms with Gasteiger partial charge in [0.1, 0.15) is 17.2 Å². The molecule has 1 N–H and O–H groups in total. The van der Waals surface area contributed by atoms with E-state index in [9.17, 15) is 22.4 Å². The SMILES string of the molecule is O=C(Nc1ccc(F)nc1F)c1c(F)cc(Br)cc1F. The maximum Gasteiger partial charge on any atom is 0.261 e. The smallest absolute Gasteiger partial charge is 0.261 e. The molecule has 0 atom stereocenters. The summed E-state index contributed by atoms with van der Waals surface area (Å²) in [5.41, 5.74) is -1.37. The van der Waals surface area contributed by atoms with Crippen molar-refractivity contribution in [2.24, 2.45) is 0 Å². The zero-order chi connectivity index (χ0) is 14.9. The minimum absolute atomic E-state index is 0.110. The summed E-state index contributed by atoms with van der Waals surface area (Å²) < 4.78 is 53.0. The Morgan fingerprint density at radius 3 is 2.25 bits per heavy atom. The van der Waals surface area contributed by atoms with Gasteiger partial charge in [0.05, 0.1) is 5.69 Å². The van der Waals surface area contributed by atoms with E-state index in [0.29, 0.717) is 0 Å². The number of nitrogens with zero attached hydrogens (tertiary/aromatic N) is 1. The van der Waals surface area contributed by atoms with Crippen molar-refractivity contribution < 1.29 is 22.4 Å². The molecule has 1 aromatic heterocycles. The van der Waals surface area contributed by atoms with Gasteiger partial charge in [0.25, 0.3) is 5.91 Å². The van der Waals surface area contributed by atoms with Crippen molar-refractivity contribution in [1.29, 1.82) is 0 Å². The maximum absolute atomic E-state index is 13.5. The molecule has 2 rings (SSSR count). The molecule has 104 valence electrons. The van der Waals surface area contributed by atoms with Gasteiger partial charge in [0, 0.05) is 4.47 Å². The molecule has 0 fully saturated rings. The minimum Gasteiger partial charge on any atom is -0.318 e. The third kappa shape index (κ3) is 2.96. The van der Waals surface area contributed by atoms with Crippen LogP contribution in [0.25, 0.3) is 0 Å². The molecule has 2 aromatic rings. The fourth-order valence-corrected chi connectivity index (χ4v) is 1.85. The van der Waals surface area contributed by atoms with Crippen molar-refractivity contribution in [3.8, 4) is 0 Å². The zero-order valence-electron chi connectivity index (χ0n) is 9.55. The normalized spacial score (nSPS) is 10.4. The number of hydrogen-bond donors (Lipinski definition) is 1. The van der Waals surface area contributed by atoms with Crippen molar-refractivity contribution in [1.82, 2.24) is 4.98 Å². The Morgan fingerprint density at radius 2 is 1.70 bits per heavy atom. The molecular weight excluding hydrogens is 344 g/mol. The average molecular weight is 349 g/mol. The highest BCUT2D eigenvalue weighted by molar-refractivity contribution is 9.10. The van der Waals surface area contributed by atoms with Crippen molar-refractivity contribution in [3.63, 3.8) is 0 Å². The molecule has 8 heteroatoms. The highest BCUT2D eigenvalue weighted by Gasteiger charge is 2.20. The van der Waals surface area contributed by atoms with Crippen LogP contribution in [-0.2, 0) is 0 Å². The summed E-state index contributed by atoms with van der Waals surface area (Å²) in [6.07, 6.45) is 0. The van der Waals surface area contributed by atoms with Gasteiger partial charge in [-0.25, -0.2) is 8.78 Å². The number of carbonyl (C=O) groups is 1. The van der Waals surface area contributed by atoms with Gasteiger partial charge < -0.3 is 5.32 Å². The third-order valence-electron chi connectivity index (χ3n) is 2.30. The Hall–Kier alpha value is -1.96. The van der Waals surface area contributed by atoms with Crippen LogP contribution in [0.2, 0.25) is 0 Å². The number of hydrogen-bond acceptors (Lipinski definition) is 2. The predicted molar refractivity (Wildman–Crippen MR) is 66.2 cm³/mol. The second-order valence-corrected chi connectivity index (χ2v) is 4.59. The Bertz CT molecular complexity index is 670. The fourth-order valence-electron chi connectivity index (χ4n) is 1.45. The van der Waals surface area contributed by atoms with Crippen molar-refractivity contribution in [3.05, 3.63) is 57.8 Å². The number of pyridine rings is 1. The van der Waals surface area contributed by atoms with Crippen molar-refractivity contribution in [2.45, 2.75) is 0 Å². The Kier molecular flexibility index (Phi) is 4.03. The molecule has 0 aliphatic heterocycles. The molecule has 0 spiro atoms. The Morgan fingerprint density at radius 1 is 1.10 bits per heavy atom. The molecule has 0 saturated heterocycles. The second kappa shape index (κ2) is 5.58. The van der Waals surface area contributed by atoms with Gasteiger partial charge in [-0.2, -0.15) is 13.8 Å². The van der Waals surface area contributed by atoms with E-state index < -0.39 is 40.7 Å². The lowest BCUT2D eigenvalue weighted by Gasteiger charge is -2.08. The molecular formula is C12H5BrF4N2O. The first kappa shape index (κ1) is 14.4. The summed E-state index contributed by atoms with van der Waals surface area (Å²) in [5.74, 6) is -5.83. The summed E-state index contributed by atoms with van der Waals surface area (Å²) in [4.78, 5) is 14.5. The van der Waals surface area contributed by atoms with Crippen LogP contribution < -0.4 is 5.32 Å². The van der Waals surface area contributed by atoms with Crippen molar-refractivity contribution in [2.75, 3.05) is 5.32 Å². The van der Waals surface area contributed by atoms with Crippen LogP contribution in [0.4, 0.5) is 23.2 Å². The van der Waals surface area contributed by atoms with E-state index in [1.165, 1.54) is 0 Å². The molecule has 1 heterocycles. The number of halogens is 5. The quantitative estimate of drug-likeness (QED) is 0.664. The van der Waals surface area contributed by atoms with E-state index in [-0.39, 0.29) is 4.47 Å². The highest BCUT2D eigenvalue weighted by atomic mass is 79.9. The molecule has 0 radical (unpaired) electrons. The molecule has 0 unspecified atom stereocenters. The second-order valence-electron chi connectivity index (χ2n) is 3.67. The van der Waals surface area contributed by atoms with Gasteiger partial charge in [0.2, 0.25) is 11.9 Å². The van der Waals surface area contributed by atoms with Gasteiger partial charge >= 0.3 is 0 Å². The first-order valence-electron chi connectivity index (χ1n) is 5.16. The lowest BCUT2D eigenvalue weighted by Crippen LogP contribution is -2.17. The van der Waals surface area contributed by atoms with E-state index in [4.69, 9.17) is 0 Å². The summed E-state index contributed by atoms with van der Waals surface area (Å²) >= 11 is 2.86. The summed E-state index contributed by atoms with van der Waals surface area (Å²) in [6, 6.07) is 3.46. The number of benzene rings is 1. The van der Waals surface area contributed by atoms with Crippen LogP contribution >= 0.6 is 15.9 Å². The number of rotatable bonds is 2. The molecule has 1 aromatic carbocycles. The molecule has 0 saturated carbocycles. The Balaban J connectivity index is 2.33. The zero-order valence-corrected chi connectivity index (χ0v) is 11.1. The minimum atomic E-state index is -1.30. The van der Waals surface area contributed by atoms with Crippen LogP contribution in [0, 0.1) is 23.5 Å². The topological polar surface area (TPSA) is 42.0 Å². The lowest BCUT2D eigenvalue weighted by molar-refractivity contribution is 0.101. The van der Waals surface area contributed by atoms with Gasteiger partial charge in [-0.1, -0.05) is 15.9 Å². The summed E-state index contributed by atoms with van der Waals surface area (Å²) in [7, 11) is 0. The van der Waals surface area contributed by atoms with Crippen LogP contribution in [0.3, 0.4) is 0 Å². The monoisotopic (exact) mass is 348 g/mol. The van der Waals surface area contributed by atoms with Crippen molar-refractivity contribution >= 4 is 27.5 Å². The van der Waals surface area contributed by atoms with Crippen LogP contribution in [-0.4, -0.2) is 10.9 Å². The molecule has 0 aliphatic carbocycles. The van der Waals surface area contributed by atoms with Gasteiger partial charge in [-0.15, -0.1) is 0 Å². The van der Waals surface area contributed by atoms with E-state index in [0.717, 1.165) is 24.3 Å². The molecule has 0 aliphatic rings. The highest BCUT2D eigenvalue weighted by Crippen LogP contribution is 2.21. The molecule has 0 bridgehead atoms. The van der Waals surface area contributed by atoms with Crippen LogP contribution in [0.15, 0.2) is 28.7 Å². The van der Waals surface area contributed by atoms with Crippen LogP contribution in [0.1, 0.15) is 10.4 Å². The van der Waals surface area contributed by atoms with Crippen LogP contribution in [0.5, 0.6) is 0 Å². The van der Waals surface area contributed by atoms with Gasteiger partial charge in [-0.05, 0) is 24.3 Å². The standard InChI is InChI=1S/C12H5BrF4N2O/c13-5-3-6(14)10(7(15)4-5)12(20)18-8-1-2-9(16)19-11(8)17/h1-4H,(H,18,20). The number of aromatic nitrogens is 1. The molecule has 1 amide bonds. The maximum atomic E-state index is 13.5. The van der Waals surface area contributed by atoms with Gasteiger partial charge in [0.15, 0.2) is 0 Å². The first-order chi connectivity index (χ1) is 9.38. The number of nitrogens with one attached hydrogen (secondary N) is 1. The van der Waals surface area contributed by atoms with E-state index in [1.807, 2.05) is 5.32 Å². The average Bonchev–Trinajstić information content (AvgIpc) is 2.31. The fraction of sp³-hybridized carbons (Fsp3) is 0. The number of carbonyl (C=O) groups excluding carboxylic acids is 1. The number of anilines is 1. The van der Waals surface area contributed by atoms with E-state index >= 15 is 0 Å². The van der Waals surface area contributed by atoms with Gasteiger partial charge in [-0.3, -0.25) is 4.79 Å².